The third-order valence-corrected chi connectivity index (χ3v) is 7.27. The van der Waals surface area contributed by atoms with Crippen LogP contribution in [0.4, 0.5) is 0 Å². The molecule has 3 heterocycles. The van der Waals surface area contributed by atoms with Crippen LogP contribution in [0, 0.1) is 12.3 Å². The van der Waals surface area contributed by atoms with Gasteiger partial charge in [0.25, 0.3) is 0 Å². The summed E-state index contributed by atoms with van der Waals surface area (Å²) in [6.07, 6.45) is 4.03. The van der Waals surface area contributed by atoms with Crippen LogP contribution in [0.3, 0.4) is 0 Å². The summed E-state index contributed by atoms with van der Waals surface area (Å²) in [6, 6.07) is 8.63. The first-order valence-corrected chi connectivity index (χ1v) is 11.4. The molecule has 0 amide bonds. The minimum atomic E-state index is -0.529. The molecule has 6 heteroatoms. The number of aromatic nitrogens is 2. The van der Waals surface area contributed by atoms with Crippen molar-refractivity contribution in [2.45, 2.75) is 65.5 Å². The molecule has 1 aliphatic carbocycles. The molecule has 6 nitrogen and oxygen atoms in total. The number of azo groups is 1. The van der Waals surface area contributed by atoms with E-state index in [2.05, 4.69) is 71.9 Å². The number of benzene rings is 1. The molecule has 0 radical (unpaired) electrons. The predicted octanol–water partition coefficient (Wildman–Crippen LogP) is 5.36. The Labute approximate surface area is 189 Å². The average Bonchev–Trinajstić information content (AvgIpc) is 3.27. The minimum absolute atomic E-state index is 0.0664. The van der Waals surface area contributed by atoms with E-state index in [1.54, 1.807) is 0 Å². The zero-order valence-corrected chi connectivity index (χ0v) is 19.8. The second-order valence-corrected chi connectivity index (χ2v) is 10.2. The fourth-order valence-corrected chi connectivity index (χ4v) is 6.04. The molecule has 0 saturated carbocycles. The molecular weight excluding hydrogens is 398 g/mol. The molecule has 1 aromatic heterocycles. The molecule has 1 aromatic carbocycles. The van der Waals surface area contributed by atoms with Crippen molar-refractivity contribution >= 4 is 5.78 Å². The largest absolute Gasteiger partial charge is 0.362 e. The number of allylic oxidation sites excluding steroid dienone is 3. The van der Waals surface area contributed by atoms with Crippen LogP contribution in [0.25, 0.3) is 11.1 Å². The van der Waals surface area contributed by atoms with Gasteiger partial charge in [-0.25, -0.2) is 0 Å². The lowest BCUT2D eigenvalue weighted by Crippen LogP contribution is -2.51. The van der Waals surface area contributed by atoms with Gasteiger partial charge in [0.2, 0.25) is 0 Å². The number of aryl methyl sites for hydroxylation is 2. The second-order valence-electron chi connectivity index (χ2n) is 10.2. The number of fused-ring (bicyclic) bond motifs is 1. The highest BCUT2D eigenvalue weighted by Crippen LogP contribution is 2.55. The first kappa shape index (κ1) is 20.9. The summed E-state index contributed by atoms with van der Waals surface area (Å²) in [5.74, 6) is 0.235. The van der Waals surface area contributed by atoms with Gasteiger partial charge in [-0.2, -0.15) is 15.3 Å². The summed E-state index contributed by atoms with van der Waals surface area (Å²) < 4.78 is 1.85. The van der Waals surface area contributed by atoms with E-state index in [4.69, 9.17) is 0 Å². The van der Waals surface area contributed by atoms with E-state index in [0.717, 1.165) is 57.8 Å². The smallest absolute Gasteiger partial charge is 0.165 e. The molecule has 5 rings (SSSR count). The van der Waals surface area contributed by atoms with Crippen LogP contribution in [-0.4, -0.2) is 21.7 Å². The Morgan fingerprint density at radius 3 is 2.69 bits per heavy atom. The number of rotatable bonds is 3. The van der Waals surface area contributed by atoms with Crippen LogP contribution in [0.2, 0.25) is 0 Å². The number of hydrogen-bond donors (Lipinski definition) is 1. The number of nitrogens with one attached hydrogen (secondary N) is 1. The molecule has 0 saturated heterocycles. The zero-order chi connectivity index (χ0) is 22.8. The minimum Gasteiger partial charge on any atom is -0.362 e. The van der Waals surface area contributed by atoms with Gasteiger partial charge in [0.05, 0.1) is 16.8 Å². The molecule has 2 aliphatic heterocycles. The molecule has 0 fully saturated rings. The molecule has 2 aromatic rings. The van der Waals surface area contributed by atoms with Crippen molar-refractivity contribution in [3.05, 3.63) is 64.3 Å². The van der Waals surface area contributed by atoms with Crippen LogP contribution in [0.1, 0.15) is 58.2 Å². The van der Waals surface area contributed by atoms with E-state index in [1.165, 1.54) is 0 Å². The fourth-order valence-electron chi connectivity index (χ4n) is 6.04. The van der Waals surface area contributed by atoms with Crippen molar-refractivity contribution in [2.75, 3.05) is 0 Å². The van der Waals surface area contributed by atoms with Gasteiger partial charge in [-0.3, -0.25) is 9.48 Å². The molecule has 0 bridgehead atoms. The first-order chi connectivity index (χ1) is 15.2. The summed E-state index contributed by atoms with van der Waals surface area (Å²) in [7, 11) is 1.94. The predicted molar refractivity (Wildman–Crippen MR) is 125 cm³/mol. The summed E-state index contributed by atoms with van der Waals surface area (Å²) in [6.45, 7) is 10.6. The summed E-state index contributed by atoms with van der Waals surface area (Å²) in [4.78, 5) is 13.7. The van der Waals surface area contributed by atoms with Gasteiger partial charge >= 0.3 is 0 Å². The molecule has 166 valence electrons. The maximum Gasteiger partial charge on any atom is 0.165 e. The molecule has 1 unspecified atom stereocenters. The molecular formula is C26H31N5O. The Balaban J connectivity index is 1.78. The topological polar surface area (TPSA) is 71.6 Å². The average molecular weight is 430 g/mol. The van der Waals surface area contributed by atoms with Gasteiger partial charge in [-0.15, -0.1) is 0 Å². The Kier molecular flexibility index (Phi) is 4.56. The lowest BCUT2D eigenvalue weighted by atomic mass is 9.58. The van der Waals surface area contributed by atoms with Gasteiger partial charge in [0, 0.05) is 42.1 Å². The van der Waals surface area contributed by atoms with Gasteiger partial charge < -0.3 is 5.32 Å². The first-order valence-electron chi connectivity index (χ1n) is 11.4. The maximum absolute atomic E-state index is 13.7. The third-order valence-electron chi connectivity index (χ3n) is 7.27. The fraction of sp³-hybridized carbons (Fsp3) is 0.462. The summed E-state index contributed by atoms with van der Waals surface area (Å²) >= 11 is 0. The third kappa shape index (κ3) is 2.92. The summed E-state index contributed by atoms with van der Waals surface area (Å²) in [5.41, 5.74) is 7.75. The van der Waals surface area contributed by atoms with Crippen molar-refractivity contribution in [2.24, 2.45) is 22.7 Å². The number of carbonyl (C=O) groups is 1. The van der Waals surface area contributed by atoms with Crippen molar-refractivity contribution in [1.29, 1.82) is 0 Å². The van der Waals surface area contributed by atoms with Crippen LogP contribution >= 0.6 is 0 Å². The second kappa shape index (κ2) is 6.99. The number of carbonyl (C=O) groups excluding carboxylic acids is 1. The number of hydrogen-bond acceptors (Lipinski definition) is 5. The van der Waals surface area contributed by atoms with E-state index in [9.17, 15) is 4.79 Å². The van der Waals surface area contributed by atoms with Gasteiger partial charge in [0.1, 0.15) is 0 Å². The number of ketones is 1. The highest BCUT2D eigenvalue weighted by atomic mass is 16.1. The Morgan fingerprint density at radius 2 is 2.00 bits per heavy atom. The molecule has 1 N–H and O–H groups in total. The normalized spacial score (nSPS) is 26.3. The van der Waals surface area contributed by atoms with Gasteiger partial charge in [-0.05, 0) is 49.3 Å². The Hall–Kier alpha value is -3.02. The van der Waals surface area contributed by atoms with Gasteiger partial charge in [-0.1, -0.05) is 39.0 Å². The lowest BCUT2D eigenvalue weighted by molar-refractivity contribution is -0.119. The van der Waals surface area contributed by atoms with E-state index in [-0.39, 0.29) is 17.4 Å². The monoisotopic (exact) mass is 429 g/mol. The van der Waals surface area contributed by atoms with Crippen molar-refractivity contribution in [3.63, 3.8) is 0 Å². The van der Waals surface area contributed by atoms with E-state index < -0.39 is 5.41 Å². The van der Waals surface area contributed by atoms with Crippen LogP contribution in [0.15, 0.2) is 63.2 Å². The van der Waals surface area contributed by atoms with Crippen LogP contribution in [0.5, 0.6) is 0 Å². The number of Topliss-reactive ketones (excluding diaryl/α,β-unsaturated/α-hetero) is 1. The van der Waals surface area contributed by atoms with E-state index >= 15 is 0 Å². The van der Waals surface area contributed by atoms with Gasteiger partial charge in [0.15, 0.2) is 11.9 Å². The SMILES string of the molecule is CC[C@@]1(c2cccc(-c3cn(C)nc3C)c2)C2=C(CC(C)(C)CC2=O)NC2N=NC(C)=C21. The molecule has 32 heavy (non-hydrogen) atoms. The van der Waals surface area contributed by atoms with Crippen molar-refractivity contribution in [3.8, 4) is 11.1 Å². The summed E-state index contributed by atoms with van der Waals surface area (Å²) in [5, 5.41) is 17.1. The highest BCUT2D eigenvalue weighted by molar-refractivity contribution is 6.01. The standard InChI is InChI=1S/C26H31N5O/c1-7-26(18-10-8-9-17(11-18)19-14-31(6)30-15(19)2)22-16(3)28-29-24(22)27-20-12-25(4,5)13-21(32)23(20)26/h8-11,14,24,27H,7,12-13H2,1-6H3/t24?,26-/m0/s1. The highest BCUT2D eigenvalue weighted by Gasteiger charge is 2.53. The maximum atomic E-state index is 13.7. The Morgan fingerprint density at radius 1 is 1.22 bits per heavy atom. The molecule has 0 spiro atoms. The number of nitrogens with zero attached hydrogens (tertiary/aromatic N) is 4. The van der Waals surface area contributed by atoms with Crippen molar-refractivity contribution in [1.82, 2.24) is 15.1 Å². The Bertz CT molecular complexity index is 1230. The van der Waals surface area contributed by atoms with Crippen molar-refractivity contribution < 1.29 is 4.79 Å². The zero-order valence-electron chi connectivity index (χ0n) is 19.8. The molecule has 3 aliphatic rings. The molecule has 2 atom stereocenters. The quantitative estimate of drug-likeness (QED) is 0.714. The van der Waals surface area contributed by atoms with E-state index in [1.807, 2.05) is 25.6 Å². The van der Waals surface area contributed by atoms with Crippen LogP contribution in [-0.2, 0) is 17.3 Å². The van der Waals surface area contributed by atoms with Crippen LogP contribution < -0.4 is 5.32 Å². The lowest BCUT2D eigenvalue weighted by Gasteiger charge is -2.48. The van der Waals surface area contributed by atoms with E-state index in [0.29, 0.717) is 6.42 Å².